The summed E-state index contributed by atoms with van der Waals surface area (Å²) in [7, 11) is 0. The standard InChI is InChI=1S/C13H15N3O3/c17-9-3-4-10-11(6-9)15-13(19)16(12(10)18)8-2-1-5-14-7-8/h3-4,6,8,14,17H,1-2,5,7H2,(H,15,19). The number of piperidine rings is 1. The van der Waals surface area contributed by atoms with Crippen molar-refractivity contribution in [3.8, 4) is 5.75 Å². The van der Waals surface area contributed by atoms with Crippen LogP contribution in [0.25, 0.3) is 10.9 Å². The number of benzene rings is 1. The van der Waals surface area contributed by atoms with E-state index < -0.39 is 5.69 Å². The van der Waals surface area contributed by atoms with Gasteiger partial charge in [0.15, 0.2) is 0 Å². The number of nitrogens with one attached hydrogen (secondary N) is 2. The summed E-state index contributed by atoms with van der Waals surface area (Å²) in [5.74, 6) is 0.0274. The van der Waals surface area contributed by atoms with Gasteiger partial charge in [0.2, 0.25) is 0 Å². The van der Waals surface area contributed by atoms with Crippen molar-refractivity contribution in [3.63, 3.8) is 0 Å². The van der Waals surface area contributed by atoms with Crippen LogP contribution in [0.5, 0.6) is 5.75 Å². The number of hydrogen-bond acceptors (Lipinski definition) is 4. The molecule has 1 aromatic heterocycles. The van der Waals surface area contributed by atoms with Gasteiger partial charge in [0.25, 0.3) is 5.56 Å². The van der Waals surface area contributed by atoms with E-state index in [4.69, 9.17) is 0 Å². The molecule has 1 aliphatic rings. The number of nitrogens with zero attached hydrogens (tertiary/aromatic N) is 1. The average Bonchev–Trinajstić information content (AvgIpc) is 2.39. The number of rotatable bonds is 1. The molecule has 2 heterocycles. The molecule has 1 aromatic carbocycles. The number of aromatic amines is 1. The Balaban J connectivity index is 2.22. The molecule has 3 N–H and O–H groups in total. The van der Waals surface area contributed by atoms with Gasteiger partial charge in [-0.25, -0.2) is 4.79 Å². The summed E-state index contributed by atoms with van der Waals surface area (Å²) in [6, 6.07) is 4.27. The van der Waals surface area contributed by atoms with Crippen LogP contribution in [0.2, 0.25) is 0 Å². The molecule has 0 saturated carbocycles. The minimum Gasteiger partial charge on any atom is -0.508 e. The van der Waals surface area contributed by atoms with Crippen LogP contribution in [-0.4, -0.2) is 27.7 Å². The number of aromatic nitrogens is 2. The van der Waals surface area contributed by atoms with E-state index in [0.29, 0.717) is 17.4 Å². The first kappa shape index (κ1) is 12.0. The lowest BCUT2D eigenvalue weighted by Crippen LogP contribution is -2.43. The van der Waals surface area contributed by atoms with Crippen LogP contribution in [0.1, 0.15) is 18.9 Å². The van der Waals surface area contributed by atoms with Crippen molar-refractivity contribution in [2.75, 3.05) is 13.1 Å². The second kappa shape index (κ2) is 4.55. The van der Waals surface area contributed by atoms with E-state index in [1.54, 1.807) is 0 Å². The van der Waals surface area contributed by atoms with E-state index in [-0.39, 0.29) is 17.4 Å². The summed E-state index contributed by atoms with van der Waals surface area (Å²) < 4.78 is 1.28. The molecule has 100 valence electrons. The maximum absolute atomic E-state index is 12.4. The molecule has 3 rings (SSSR count). The van der Waals surface area contributed by atoms with Gasteiger partial charge in [0, 0.05) is 12.6 Å². The van der Waals surface area contributed by atoms with Crippen molar-refractivity contribution in [1.29, 1.82) is 0 Å². The molecule has 1 atom stereocenters. The maximum atomic E-state index is 12.4. The predicted octanol–water partition coefficient (Wildman–Crippen LogP) is 0.320. The second-order valence-corrected chi connectivity index (χ2v) is 4.84. The van der Waals surface area contributed by atoms with Gasteiger partial charge in [-0.15, -0.1) is 0 Å². The second-order valence-electron chi connectivity index (χ2n) is 4.84. The van der Waals surface area contributed by atoms with Crippen LogP contribution in [0.15, 0.2) is 27.8 Å². The quantitative estimate of drug-likeness (QED) is 0.690. The van der Waals surface area contributed by atoms with Crippen molar-refractivity contribution in [2.45, 2.75) is 18.9 Å². The monoisotopic (exact) mass is 261 g/mol. The molecule has 19 heavy (non-hydrogen) atoms. The van der Waals surface area contributed by atoms with Crippen molar-refractivity contribution >= 4 is 10.9 Å². The topological polar surface area (TPSA) is 87.1 Å². The molecule has 1 aliphatic heterocycles. The summed E-state index contributed by atoms with van der Waals surface area (Å²) in [5, 5.41) is 13.0. The largest absolute Gasteiger partial charge is 0.508 e. The van der Waals surface area contributed by atoms with Gasteiger partial charge in [-0.2, -0.15) is 0 Å². The highest BCUT2D eigenvalue weighted by Crippen LogP contribution is 2.16. The molecule has 1 fully saturated rings. The fraction of sp³-hybridized carbons (Fsp3) is 0.385. The Kier molecular flexibility index (Phi) is 2.87. The first-order valence-corrected chi connectivity index (χ1v) is 6.35. The third kappa shape index (κ3) is 2.04. The molecule has 6 heteroatoms. The molecular formula is C13H15N3O3. The Morgan fingerprint density at radius 3 is 2.89 bits per heavy atom. The van der Waals surface area contributed by atoms with Crippen molar-refractivity contribution in [2.24, 2.45) is 0 Å². The number of aromatic hydroxyl groups is 1. The third-order valence-corrected chi connectivity index (χ3v) is 3.55. The van der Waals surface area contributed by atoms with Crippen molar-refractivity contribution in [1.82, 2.24) is 14.9 Å². The van der Waals surface area contributed by atoms with E-state index in [9.17, 15) is 14.7 Å². The Morgan fingerprint density at radius 2 is 2.16 bits per heavy atom. The van der Waals surface area contributed by atoms with Gasteiger partial charge in [-0.1, -0.05) is 0 Å². The number of H-pyrrole nitrogens is 1. The van der Waals surface area contributed by atoms with Gasteiger partial charge >= 0.3 is 5.69 Å². The number of fused-ring (bicyclic) bond motifs is 1. The van der Waals surface area contributed by atoms with Crippen LogP contribution >= 0.6 is 0 Å². The summed E-state index contributed by atoms with van der Waals surface area (Å²) in [6.07, 6.45) is 1.77. The number of phenols is 1. The van der Waals surface area contributed by atoms with Crippen LogP contribution in [0.4, 0.5) is 0 Å². The van der Waals surface area contributed by atoms with E-state index in [1.807, 2.05) is 0 Å². The van der Waals surface area contributed by atoms with Gasteiger partial charge in [0.1, 0.15) is 5.75 Å². The zero-order valence-electron chi connectivity index (χ0n) is 10.3. The summed E-state index contributed by atoms with van der Waals surface area (Å²) in [4.78, 5) is 27.1. The molecule has 0 bridgehead atoms. The lowest BCUT2D eigenvalue weighted by molar-refractivity contribution is 0.355. The molecule has 1 unspecified atom stereocenters. The predicted molar refractivity (Wildman–Crippen MR) is 71.6 cm³/mol. The van der Waals surface area contributed by atoms with E-state index in [0.717, 1.165) is 19.4 Å². The zero-order valence-corrected chi connectivity index (χ0v) is 10.3. The molecule has 0 radical (unpaired) electrons. The molecular weight excluding hydrogens is 246 g/mol. The summed E-state index contributed by atoms with van der Waals surface area (Å²) >= 11 is 0. The number of phenolic OH excluding ortho intramolecular Hbond substituents is 1. The Morgan fingerprint density at radius 1 is 1.32 bits per heavy atom. The highest BCUT2D eigenvalue weighted by atomic mass is 16.3. The lowest BCUT2D eigenvalue weighted by Gasteiger charge is -2.24. The molecule has 6 nitrogen and oxygen atoms in total. The minimum absolute atomic E-state index is 0.0274. The van der Waals surface area contributed by atoms with Crippen molar-refractivity contribution < 1.29 is 5.11 Å². The summed E-state index contributed by atoms with van der Waals surface area (Å²) in [6.45, 7) is 1.55. The van der Waals surface area contributed by atoms with E-state index >= 15 is 0 Å². The first-order chi connectivity index (χ1) is 9.16. The zero-order chi connectivity index (χ0) is 13.4. The Hall–Kier alpha value is -2.08. The highest BCUT2D eigenvalue weighted by Gasteiger charge is 2.19. The van der Waals surface area contributed by atoms with Gasteiger partial charge in [0.05, 0.1) is 16.9 Å². The van der Waals surface area contributed by atoms with Crippen LogP contribution in [0, 0.1) is 0 Å². The fourth-order valence-electron chi connectivity index (χ4n) is 2.61. The maximum Gasteiger partial charge on any atom is 0.329 e. The van der Waals surface area contributed by atoms with E-state index in [1.165, 1.54) is 22.8 Å². The van der Waals surface area contributed by atoms with Crippen molar-refractivity contribution in [3.05, 3.63) is 39.0 Å². The first-order valence-electron chi connectivity index (χ1n) is 6.35. The molecule has 1 saturated heterocycles. The smallest absolute Gasteiger partial charge is 0.329 e. The lowest BCUT2D eigenvalue weighted by atomic mass is 10.1. The van der Waals surface area contributed by atoms with Crippen LogP contribution in [-0.2, 0) is 0 Å². The van der Waals surface area contributed by atoms with Crippen LogP contribution in [0.3, 0.4) is 0 Å². The Labute approximate surface area is 108 Å². The van der Waals surface area contributed by atoms with E-state index in [2.05, 4.69) is 10.3 Å². The number of hydrogen-bond donors (Lipinski definition) is 3. The fourth-order valence-corrected chi connectivity index (χ4v) is 2.61. The van der Waals surface area contributed by atoms with Gasteiger partial charge in [-0.05, 0) is 31.5 Å². The SMILES string of the molecule is O=c1[nH]c2cc(O)ccc2c(=O)n1C1CCCNC1. The van der Waals surface area contributed by atoms with Gasteiger partial charge in [-0.3, -0.25) is 9.36 Å². The van der Waals surface area contributed by atoms with Gasteiger partial charge < -0.3 is 15.4 Å². The average molecular weight is 261 g/mol. The molecule has 0 spiro atoms. The van der Waals surface area contributed by atoms with Crippen LogP contribution < -0.4 is 16.6 Å². The normalized spacial score (nSPS) is 19.7. The molecule has 0 aliphatic carbocycles. The third-order valence-electron chi connectivity index (χ3n) is 3.55. The highest BCUT2D eigenvalue weighted by molar-refractivity contribution is 5.78. The summed E-state index contributed by atoms with van der Waals surface area (Å²) in [5.41, 5.74) is -0.348. The molecule has 2 aromatic rings. The molecule has 0 amide bonds. The Bertz CT molecular complexity index is 726. The minimum atomic E-state index is -0.420.